The molecule has 218 valence electrons. The molecule has 0 aromatic carbocycles. The summed E-state index contributed by atoms with van der Waals surface area (Å²) < 4.78 is 5.21. The average molecular weight is 543 g/mol. The molecule has 5 amide bonds. The number of ether oxygens (including phenoxy) is 1. The minimum atomic E-state index is -1.31. The molecule has 0 saturated carbocycles. The van der Waals surface area contributed by atoms with E-state index in [1.165, 1.54) is 6.92 Å². The minimum Gasteiger partial charge on any atom is -0.462 e. The second-order valence-electron chi connectivity index (χ2n) is 10.8. The van der Waals surface area contributed by atoms with Crippen LogP contribution in [0.15, 0.2) is 0 Å². The van der Waals surface area contributed by atoms with E-state index in [1.807, 2.05) is 0 Å². The molecule has 0 aliphatic heterocycles. The summed E-state index contributed by atoms with van der Waals surface area (Å²) in [5.74, 6) is -5.00. The third kappa shape index (κ3) is 11.4. The van der Waals surface area contributed by atoms with Gasteiger partial charge in [-0.05, 0) is 23.7 Å². The molecule has 0 unspecified atom stereocenters. The highest BCUT2D eigenvalue weighted by Crippen LogP contribution is 2.09. The molecule has 0 saturated heterocycles. The van der Waals surface area contributed by atoms with Gasteiger partial charge in [0.2, 0.25) is 29.5 Å². The van der Waals surface area contributed by atoms with E-state index in [0.29, 0.717) is 0 Å². The third-order valence-electron chi connectivity index (χ3n) is 5.79. The monoisotopic (exact) mass is 542 g/mol. The zero-order valence-corrected chi connectivity index (χ0v) is 23.9. The van der Waals surface area contributed by atoms with E-state index in [2.05, 4.69) is 21.3 Å². The van der Waals surface area contributed by atoms with Crippen LogP contribution in [-0.2, 0) is 33.5 Å². The highest BCUT2D eigenvalue weighted by Gasteiger charge is 2.33. The lowest BCUT2D eigenvalue weighted by Crippen LogP contribution is -2.58. The van der Waals surface area contributed by atoms with Crippen LogP contribution < -0.4 is 32.7 Å². The lowest BCUT2D eigenvalue weighted by molar-refractivity contribution is -0.151. The van der Waals surface area contributed by atoms with Gasteiger partial charge in [0, 0.05) is 6.92 Å². The van der Waals surface area contributed by atoms with E-state index in [4.69, 9.17) is 16.2 Å². The van der Waals surface area contributed by atoms with Crippen LogP contribution in [0.25, 0.3) is 0 Å². The summed E-state index contributed by atoms with van der Waals surface area (Å²) in [7, 11) is 0. The number of nitrogens with two attached hydrogens (primary N) is 2. The van der Waals surface area contributed by atoms with Gasteiger partial charge in [0.25, 0.3) is 0 Å². The fourth-order valence-electron chi connectivity index (χ4n) is 3.44. The predicted molar refractivity (Wildman–Crippen MR) is 141 cm³/mol. The highest BCUT2D eigenvalue weighted by atomic mass is 16.5. The van der Waals surface area contributed by atoms with Crippen molar-refractivity contribution in [2.24, 2.45) is 35.1 Å². The average Bonchev–Trinajstić information content (AvgIpc) is 2.79. The van der Waals surface area contributed by atoms with Crippen LogP contribution in [0.3, 0.4) is 0 Å². The molecule has 5 atom stereocenters. The first-order chi connectivity index (χ1) is 17.4. The molecule has 0 aliphatic rings. The maximum atomic E-state index is 12.7. The molecule has 0 radical (unpaired) electrons. The zero-order valence-electron chi connectivity index (χ0n) is 23.9. The summed E-state index contributed by atoms with van der Waals surface area (Å²) in [5.41, 5.74) is 11.3. The molecule has 0 aliphatic carbocycles. The van der Waals surface area contributed by atoms with Crippen molar-refractivity contribution in [2.45, 2.75) is 92.5 Å². The molecule has 13 nitrogen and oxygen atoms in total. The number of hydrogen-bond donors (Lipinski definition) is 6. The Morgan fingerprint density at radius 2 is 0.974 bits per heavy atom. The van der Waals surface area contributed by atoms with Crippen LogP contribution in [0.4, 0.5) is 0 Å². The normalized spacial score (nSPS) is 15.3. The van der Waals surface area contributed by atoms with Crippen LogP contribution in [0.2, 0.25) is 0 Å². The first-order valence-corrected chi connectivity index (χ1v) is 12.8. The van der Waals surface area contributed by atoms with Crippen molar-refractivity contribution in [3.8, 4) is 0 Å². The second kappa shape index (κ2) is 15.9. The Hall–Kier alpha value is -3.22. The van der Waals surface area contributed by atoms with E-state index >= 15 is 0 Å². The maximum absolute atomic E-state index is 12.7. The molecule has 0 heterocycles. The Balaban J connectivity index is 5.25. The van der Waals surface area contributed by atoms with Crippen molar-refractivity contribution in [3.05, 3.63) is 0 Å². The van der Waals surface area contributed by atoms with Crippen LogP contribution in [0, 0.1) is 23.7 Å². The van der Waals surface area contributed by atoms with Gasteiger partial charge < -0.3 is 37.5 Å². The van der Waals surface area contributed by atoms with Gasteiger partial charge in [0.05, 0.1) is 0 Å². The fourth-order valence-corrected chi connectivity index (χ4v) is 3.44. The molecule has 0 spiro atoms. The summed E-state index contributed by atoms with van der Waals surface area (Å²) >= 11 is 0. The van der Waals surface area contributed by atoms with Crippen LogP contribution in [0.5, 0.6) is 0 Å². The topological polar surface area (TPSA) is 212 Å². The molecule has 8 N–H and O–H groups in total. The molecule has 0 aromatic heterocycles. The third-order valence-corrected chi connectivity index (χ3v) is 5.79. The SMILES string of the molecule is CC(=O)N[C@H](C(=O)N[C@H](C(=O)OC[C@H](N)C(=O)N[C@H](C(=O)N[C@H](C(N)=O)C(C)C)C(C)C)C(C)C)C(C)C. The van der Waals surface area contributed by atoms with Gasteiger partial charge in [-0.2, -0.15) is 0 Å². The van der Waals surface area contributed by atoms with Crippen molar-refractivity contribution >= 4 is 35.5 Å². The van der Waals surface area contributed by atoms with Crippen LogP contribution in [0.1, 0.15) is 62.3 Å². The Morgan fingerprint density at radius 1 is 0.605 bits per heavy atom. The maximum Gasteiger partial charge on any atom is 0.328 e. The Kier molecular flexibility index (Phi) is 14.6. The summed E-state index contributed by atoms with van der Waals surface area (Å²) in [4.78, 5) is 73.9. The lowest BCUT2D eigenvalue weighted by Gasteiger charge is -2.27. The van der Waals surface area contributed by atoms with E-state index in [0.717, 1.165) is 0 Å². The Bertz CT molecular complexity index is 859. The van der Waals surface area contributed by atoms with Crippen molar-refractivity contribution in [2.75, 3.05) is 6.61 Å². The fraction of sp³-hybridized carbons (Fsp3) is 0.760. The van der Waals surface area contributed by atoms with Gasteiger partial charge in [-0.3, -0.25) is 24.0 Å². The van der Waals surface area contributed by atoms with Crippen molar-refractivity contribution in [1.82, 2.24) is 21.3 Å². The first-order valence-electron chi connectivity index (χ1n) is 12.8. The molecule has 0 fully saturated rings. The Labute approximate surface area is 224 Å². The molecule has 0 aromatic rings. The van der Waals surface area contributed by atoms with E-state index in [9.17, 15) is 28.8 Å². The van der Waals surface area contributed by atoms with Crippen LogP contribution in [-0.4, -0.2) is 72.3 Å². The number of rotatable bonds is 15. The smallest absolute Gasteiger partial charge is 0.328 e. The van der Waals surface area contributed by atoms with Gasteiger partial charge in [-0.1, -0.05) is 55.4 Å². The Morgan fingerprint density at radius 3 is 1.34 bits per heavy atom. The molecular formula is C25H46N6O7. The highest BCUT2D eigenvalue weighted by molar-refractivity contribution is 5.93. The zero-order chi connectivity index (χ0) is 29.9. The molecule has 0 bridgehead atoms. The van der Waals surface area contributed by atoms with Gasteiger partial charge in [0.15, 0.2) is 0 Å². The number of carbonyl (C=O) groups is 6. The van der Waals surface area contributed by atoms with E-state index in [-0.39, 0.29) is 29.6 Å². The van der Waals surface area contributed by atoms with Crippen molar-refractivity contribution < 1.29 is 33.5 Å². The predicted octanol–water partition coefficient (Wildman–Crippen LogP) is -1.07. The van der Waals surface area contributed by atoms with Crippen molar-refractivity contribution in [1.29, 1.82) is 0 Å². The van der Waals surface area contributed by atoms with E-state index in [1.54, 1.807) is 55.4 Å². The van der Waals surface area contributed by atoms with Gasteiger partial charge in [-0.25, -0.2) is 4.79 Å². The number of hydrogen-bond acceptors (Lipinski definition) is 8. The molecule has 38 heavy (non-hydrogen) atoms. The molecular weight excluding hydrogens is 496 g/mol. The number of amides is 5. The molecule has 0 rings (SSSR count). The summed E-state index contributed by atoms with van der Waals surface area (Å²) in [6, 6.07) is -5.15. The largest absolute Gasteiger partial charge is 0.462 e. The summed E-state index contributed by atoms with van der Waals surface area (Å²) in [6.07, 6.45) is 0. The van der Waals surface area contributed by atoms with Gasteiger partial charge >= 0.3 is 5.97 Å². The van der Waals surface area contributed by atoms with Crippen molar-refractivity contribution in [3.63, 3.8) is 0 Å². The molecule has 13 heteroatoms. The number of nitrogens with one attached hydrogen (secondary N) is 4. The van der Waals surface area contributed by atoms with Gasteiger partial charge in [0.1, 0.15) is 36.8 Å². The quantitative estimate of drug-likeness (QED) is 0.140. The summed E-state index contributed by atoms with van der Waals surface area (Å²) in [6.45, 7) is 14.5. The minimum absolute atomic E-state index is 0.232. The van der Waals surface area contributed by atoms with E-state index < -0.39 is 66.4 Å². The summed E-state index contributed by atoms with van der Waals surface area (Å²) in [5, 5.41) is 10.2. The second-order valence-corrected chi connectivity index (χ2v) is 10.8. The number of esters is 1. The standard InChI is InChI=1S/C25H46N6O7/c1-11(2)17(21(27)33)29-24(36)19(13(5)6)30-22(34)16(26)10-38-25(37)20(14(7)8)31-23(35)18(12(3)4)28-15(9)32/h11-14,16-20H,10,26H2,1-9H3,(H2,27,33)(H,28,32)(H,29,36)(H,30,34)(H,31,35)/t16-,17-,18-,19-,20-/m0/s1. The lowest BCUT2D eigenvalue weighted by atomic mass is 9.99. The number of primary amides is 1. The number of carbonyl (C=O) groups excluding carboxylic acids is 6. The van der Waals surface area contributed by atoms with Gasteiger partial charge in [-0.15, -0.1) is 0 Å². The first kappa shape index (κ1) is 34.8. The van der Waals surface area contributed by atoms with Crippen LogP contribution >= 0.6 is 0 Å².